The van der Waals surface area contributed by atoms with E-state index in [1.54, 1.807) is 0 Å². The van der Waals surface area contributed by atoms with Crippen LogP contribution in [0.2, 0.25) is 0 Å². The molecule has 6 heteroatoms. The van der Waals surface area contributed by atoms with Gasteiger partial charge in [-0.1, -0.05) is 0 Å². The molecule has 1 saturated heterocycles. The molecule has 0 aromatic heterocycles. The molecule has 0 bridgehead atoms. The summed E-state index contributed by atoms with van der Waals surface area (Å²) in [5, 5.41) is 11.5. The molecule has 3 unspecified atom stereocenters. The first-order valence-corrected chi connectivity index (χ1v) is 6.39. The van der Waals surface area contributed by atoms with E-state index in [-0.39, 0.29) is 18.1 Å². The molecule has 104 valence electrons. The zero-order valence-electron chi connectivity index (χ0n) is 10.7. The van der Waals surface area contributed by atoms with E-state index in [0.29, 0.717) is 25.8 Å². The molecule has 1 rings (SSSR count). The van der Waals surface area contributed by atoms with Crippen molar-refractivity contribution in [2.75, 3.05) is 6.54 Å². The number of ether oxygens (including phenoxy) is 1. The first-order valence-electron chi connectivity index (χ1n) is 6.39. The fraction of sp³-hybridized carbons (Fsp3) is 0.833. The highest BCUT2D eigenvalue weighted by Gasteiger charge is 2.30. The summed E-state index contributed by atoms with van der Waals surface area (Å²) in [4.78, 5) is 22.1. The highest BCUT2D eigenvalue weighted by molar-refractivity contribution is 5.76. The van der Waals surface area contributed by atoms with Gasteiger partial charge in [-0.05, 0) is 32.6 Å². The fourth-order valence-corrected chi connectivity index (χ4v) is 1.94. The van der Waals surface area contributed by atoms with E-state index in [1.165, 1.54) is 0 Å². The van der Waals surface area contributed by atoms with Crippen LogP contribution in [0.1, 0.15) is 39.0 Å². The van der Waals surface area contributed by atoms with Gasteiger partial charge in [0.05, 0.1) is 6.10 Å². The minimum Gasteiger partial charge on any atom is -0.479 e. The Bertz CT molecular complexity index is 294. The van der Waals surface area contributed by atoms with Gasteiger partial charge in [-0.3, -0.25) is 4.79 Å². The molecule has 1 aliphatic heterocycles. The van der Waals surface area contributed by atoms with Crippen LogP contribution in [0.15, 0.2) is 0 Å². The van der Waals surface area contributed by atoms with Crippen LogP contribution in [0.4, 0.5) is 0 Å². The summed E-state index contributed by atoms with van der Waals surface area (Å²) in [6.45, 7) is 2.30. The Labute approximate surface area is 107 Å². The van der Waals surface area contributed by atoms with E-state index in [0.717, 1.165) is 12.8 Å². The fourth-order valence-electron chi connectivity index (χ4n) is 1.94. The normalized spacial score (nSPS) is 24.8. The number of carboxylic acids is 1. The zero-order chi connectivity index (χ0) is 13.5. The number of nitrogens with two attached hydrogens (primary N) is 1. The van der Waals surface area contributed by atoms with Gasteiger partial charge < -0.3 is 20.9 Å². The summed E-state index contributed by atoms with van der Waals surface area (Å²) in [5.41, 5.74) is 5.59. The van der Waals surface area contributed by atoms with Crippen LogP contribution in [-0.4, -0.2) is 41.8 Å². The van der Waals surface area contributed by atoms with Crippen LogP contribution in [0.5, 0.6) is 0 Å². The second-order valence-electron chi connectivity index (χ2n) is 4.84. The maximum Gasteiger partial charge on any atom is 0.332 e. The molecule has 6 nitrogen and oxygen atoms in total. The molecule has 0 aromatic rings. The average Bonchev–Trinajstić information content (AvgIpc) is 2.74. The second-order valence-corrected chi connectivity index (χ2v) is 4.84. The Balaban J connectivity index is 2.10. The van der Waals surface area contributed by atoms with Crippen LogP contribution >= 0.6 is 0 Å². The third-order valence-corrected chi connectivity index (χ3v) is 2.97. The molecule has 0 aliphatic carbocycles. The average molecular weight is 258 g/mol. The molecule has 0 aromatic carbocycles. The maximum absolute atomic E-state index is 11.5. The zero-order valence-corrected chi connectivity index (χ0v) is 10.7. The lowest BCUT2D eigenvalue weighted by Gasteiger charge is -2.12. The minimum absolute atomic E-state index is 0.0296. The molecular weight excluding hydrogens is 236 g/mol. The molecule has 4 N–H and O–H groups in total. The Morgan fingerprint density at radius 3 is 2.78 bits per heavy atom. The Hall–Kier alpha value is -1.14. The van der Waals surface area contributed by atoms with Crippen LogP contribution in [0, 0.1) is 0 Å². The highest BCUT2D eigenvalue weighted by Crippen LogP contribution is 2.19. The summed E-state index contributed by atoms with van der Waals surface area (Å²) in [7, 11) is 0. The van der Waals surface area contributed by atoms with Gasteiger partial charge in [-0.15, -0.1) is 0 Å². The largest absolute Gasteiger partial charge is 0.479 e. The van der Waals surface area contributed by atoms with Crippen molar-refractivity contribution in [3.8, 4) is 0 Å². The number of amides is 1. The van der Waals surface area contributed by atoms with Gasteiger partial charge in [0, 0.05) is 19.0 Å². The van der Waals surface area contributed by atoms with E-state index >= 15 is 0 Å². The molecule has 1 aliphatic rings. The van der Waals surface area contributed by atoms with Crippen molar-refractivity contribution >= 4 is 11.9 Å². The SMILES string of the molecule is CC(N)CCCC(=O)NCC1CCC(C(=O)O)O1. The lowest BCUT2D eigenvalue weighted by Crippen LogP contribution is -2.33. The van der Waals surface area contributed by atoms with Crippen molar-refractivity contribution in [2.24, 2.45) is 5.73 Å². The first-order chi connectivity index (χ1) is 8.49. The number of rotatable bonds is 7. The van der Waals surface area contributed by atoms with Gasteiger partial charge in [0.2, 0.25) is 5.91 Å². The van der Waals surface area contributed by atoms with Gasteiger partial charge in [0.25, 0.3) is 0 Å². The van der Waals surface area contributed by atoms with Crippen LogP contribution in [0.25, 0.3) is 0 Å². The van der Waals surface area contributed by atoms with E-state index in [9.17, 15) is 9.59 Å². The van der Waals surface area contributed by atoms with Gasteiger partial charge in [-0.25, -0.2) is 4.79 Å². The first kappa shape index (κ1) is 14.9. The summed E-state index contributed by atoms with van der Waals surface area (Å²) in [6, 6.07) is 0.118. The predicted octanol–water partition coefficient (Wildman–Crippen LogP) is 0.252. The summed E-state index contributed by atoms with van der Waals surface area (Å²) >= 11 is 0. The topological polar surface area (TPSA) is 102 Å². The number of hydrogen-bond acceptors (Lipinski definition) is 4. The predicted molar refractivity (Wildman–Crippen MR) is 66.0 cm³/mol. The lowest BCUT2D eigenvalue weighted by molar-refractivity contribution is -0.149. The number of nitrogens with one attached hydrogen (secondary N) is 1. The van der Waals surface area contributed by atoms with Gasteiger partial charge in [0.1, 0.15) is 0 Å². The third-order valence-electron chi connectivity index (χ3n) is 2.97. The standard InChI is InChI=1S/C12H22N2O4/c1-8(13)3-2-4-11(15)14-7-9-5-6-10(18-9)12(16)17/h8-10H,2-7,13H2,1H3,(H,14,15)(H,16,17). The maximum atomic E-state index is 11.5. The van der Waals surface area contributed by atoms with Crippen LogP contribution in [0.3, 0.4) is 0 Å². The van der Waals surface area contributed by atoms with Crippen molar-refractivity contribution in [2.45, 2.75) is 57.3 Å². The van der Waals surface area contributed by atoms with E-state index < -0.39 is 12.1 Å². The molecule has 0 saturated carbocycles. The summed E-state index contributed by atoms with van der Waals surface area (Å²) in [5.74, 6) is -0.959. The van der Waals surface area contributed by atoms with Crippen molar-refractivity contribution in [3.63, 3.8) is 0 Å². The smallest absolute Gasteiger partial charge is 0.332 e. The van der Waals surface area contributed by atoms with E-state index in [1.807, 2.05) is 6.92 Å². The highest BCUT2D eigenvalue weighted by atomic mass is 16.5. The van der Waals surface area contributed by atoms with Crippen molar-refractivity contribution in [1.82, 2.24) is 5.32 Å². The van der Waals surface area contributed by atoms with Crippen molar-refractivity contribution in [1.29, 1.82) is 0 Å². The van der Waals surface area contributed by atoms with Crippen molar-refractivity contribution in [3.05, 3.63) is 0 Å². The molecule has 1 fully saturated rings. The van der Waals surface area contributed by atoms with Gasteiger partial charge >= 0.3 is 5.97 Å². The molecule has 0 radical (unpaired) electrons. The second kappa shape index (κ2) is 7.33. The number of aliphatic carboxylic acids is 1. The Morgan fingerprint density at radius 2 is 2.22 bits per heavy atom. The monoisotopic (exact) mass is 258 g/mol. The van der Waals surface area contributed by atoms with Gasteiger partial charge in [-0.2, -0.15) is 0 Å². The molecular formula is C12H22N2O4. The molecule has 18 heavy (non-hydrogen) atoms. The number of hydrogen-bond donors (Lipinski definition) is 3. The van der Waals surface area contributed by atoms with E-state index in [4.69, 9.17) is 15.6 Å². The number of carbonyl (C=O) groups is 2. The third kappa shape index (κ3) is 5.46. The molecule has 3 atom stereocenters. The lowest BCUT2D eigenvalue weighted by atomic mass is 10.1. The number of carboxylic acid groups (broad SMARTS) is 1. The minimum atomic E-state index is -0.930. The Morgan fingerprint density at radius 1 is 1.50 bits per heavy atom. The molecule has 0 spiro atoms. The summed E-state index contributed by atoms with van der Waals surface area (Å²) < 4.78 is 5.28. The number of carbonyl (C=O) groups excluding carboxylic acids is 1. The van der Waals surface area contributed by atoms with Gasteiger partial charge in [0.15, 0.2) is 6.10 Å². The van der Waals surface area contributed by atoms with Crippen LogP contribution in [-0.2, 0) is 14.3 Å². The molecule has 1 amide bonds. The molecule has 1 heterocycles. The summed E-state index contributed by atoms with van der Waals surface area (Å²) in [6.07, 6.45) is 2.35. The van der Waals surface area contributed by atoms with Crippen LogP contribution < -0.4 is 11.1 Å². The van der Waals surface area contributed by atoms with Crippen molar-refractivity contribution < 1.29 is 19.4 Å². The Kier molecular flexibility index (Phi) is 6.07. The quantitative estimate of drug-likeness (QED) is 0.607. The van der Waals surface area contributed by atoms with E-state index in [2.05, 4.69) is 5.32 Å².